The van der Waals surface area contributed by atoms with Crippen LogP contribution in [0, 0.1) is 0 Å². The summed E-state index contributed by atoms with van der Waals surface area (Å²) in [6, 6.07) is 0.660. The van der Waals surface area contributed by atoms with Crippen molar-refractivity contribution < 1.29 is 0 Å². The SMILES string of the molecule is CC1(C)CC(N2C=CC=CC2)CC(C)(C)N1. The minimum absolute atomic E-state index is 0.238. The molecule has 0 atom stereocenters. The van der Waals surface area contributed by atoms with Gasteiger partial charge in [-0.15, -0.1) is 0 Å². The van der Waals surface area contributed by atoms with Crippen LogP contribution < -0.4 is 5.32 Å². The number of nitrogens with one attached hydrogen (secondary N) is 1. The van der Waals surface area contributed by atoms with Gasteiger partial charge >= 0.3 is 0 Å². The van der Waals surface area contributed by atoms with E-state index in [4.69, 9.17) is 0 Å². The fraction of sp³-hybridized carbons (Fsp3) is 0.714. The number of allylic oxidation sites excluding steroid dienone is 2. The highest BCUT2D eigenvalue weighted by Gasteiger charge is 2.39. The van der Waals surface area contributed by atoms with Crippen molar-refractivity contribution in [1.82, 2.24) is 10.2 Å². The molecule has 2 aliphatic rings. The molecule has 0 saturated carbocycles. The quantitative estimate of drug-likeness (QED) is 0.731. The first-order valence-electron chi connectivity index (χ1n) is 6.26. The van der Waals surface area contributed by atoms with E-state index in [0.29, 0.717) is 6.04 Å². The predicted molar refractivity (Wildman–Crippen MR) is 69.3 cm³/mol. The topological polar surface area (TPSA) is 15.3 Å². The van der Waals surface area contributed by atoms with Crippen LogP contribution in [0.3, 0.4) is 0 Å². The van der Waals surface area contributed by atoms with E-state index in [1.165, 1.54) is 12.8 Å². The summed E-state index contributed by atoms with van der Waals surface area (Å²) in [6.45, 7) is 10.3. The van der Waals surface area contributed by atoms with Crippen molar-refractivity contribution in [2.45, 2.75) is 57.7 Å². The van der Waals surface area contributed by atoms with Crippen molar-refractivity contribution in [2.24, 2.45) is 0 Å². The molecule has 0 spiro atoms. The number of hydrogen-bond donors (Lipinski definition) is 1. The van der Waals surface area contributed by atoms with Crippen molar-refractivity contribution in [3.63, 3.8) is 0 Å². The zero-order chi connectivity index (χ0) is 11.8. The molecular weight excluding hydrogens is 196 g/mol. The van der Waals surface area contributed by atoms with Crippen molar-refractivity contribution in [2.75, 3.05) is 6.54 Å². The van der Waals surface area contributed by atoms with Gasteiger partial charge in [0.15, 0.2) is 0 Å². The smallest absolute Gasteiger partial charge is 0.0360 e. The second kappa shape index (κ2) is 3.92. The molecule has 16 heavy (non-hydrogen) atoms. The Labute approximate surface area is 99.4 Å². The van der Waals surface area contributed by atoms with Gasteiger partial charge in [0.05, 0.1) is 0 Å². The summed E-state index contributed by atoms with van der Waals surface area (Å²) in [7, 11) is 0. The van der Waals surface area contributed by atoms with Gasteiger partial charge in [-0.05, 0) is 52.8 Å². The van der Waals surface area contributed by atoms with E-state index < -0.39 is 0 Å². The van der Waals surface area contributed by atoms with Crippen LogP contribution in [0.2, 0.25) is 0 Å². The lowest BCUT2D eigenvalue weighted by molar-refractivity contribution is 0.0978. The summed E-state index contributed by atoms with van der Waals surface area (Å²) >= 11 is 0. The van der Waals surface area contributed by atoms with E-state index in [0.717, 1.165) is 6.54 Å². The molecule has 0 aromatic rings. The maximum Gasteiger partial charge on any atom is 0.0360 e. The Hall–Kier alpha value is -0.760. The van der Waals surface area contributed by atoms with E-state index in [1.807, 2.05) is 0 Å². The molecule has 2 heteroatoms. The zero-order valence-electron chi connectivity index (χ0n) is 11.0. The summed E-state index contributed by atoms with van der Waals surface area (Å²) in [5, 5.41) is 3.73. The first-order chi connectivity index (χ1) is 7.38. The molecule has 90 valence electrons. The lowest BCUT2D eigenvalue weighted by Crippen LogP contribution is -2.61. The minimum Gasteiger partial charge on any atom is -0.371 e. The maximum absolute atomic E-state index is 3.73. The van der Waals surface area contributed by atoms with Crippen LogP contribution in [0.5, 0.6) is 0 Å². The molecular formula is C14H24N2. The van der Waals surface area contributed by atoms with Crippen LogP contribution >= 0.6 is 0 Å². The van der Waals surface area contributed by atoms with Gasteiger partial charge in [-0.3, -0.25) is 0 Å². The normalized spacial score (nSPS) is 28.4. The Morgan fingerprint density at radius 3 is 2.19 bits per heavy atom. The van der Waals surface area contributed by atoms with Crippen molar-refractivity contribution in [3.05, 3.63) is 24.4 Å². The number of rotatable bonds is 1. The zero-order valence-corrected chi connectivity index (χ0v) is 11.0. The van der Waals surface area contributed by atoms with Gasteiger partial charge in [0, 0.05) is 23.7 Å². The lowest BCUT2D eigenvalue weighted by atomic mass is 9.79. The number of hydrogen-bond acceptors (Lipinski definition) is 2. The van der Waals surface area contributed by atoms with Gasteiger partial charge in [0.1, 0.15) is 0 Å². The molecule has 0 unspecified atom stereocenters. The highest BCUT2D eigenvalue weighted by Crippen LogP contribution is 2.31. The molecule has 0 bridgehead atoms. The Bertz CT molecular complexity index is 297. The van der Waals surface area contributed by atoms with Gasteiger partial charge < -0.3 is 10.2 Å². The second-order valence-electron chi connectivity index (χ2n) is 6.42. The first kappa shape index (κ1) is 11.7. The van der Waals surface area contributed by atoms with E-state index in [1.54, 1.807) is 0 Å². The third-order valence-electron chi connectivity index (χ3n) is 3.48. The molecule has 1 N–H and O–H groups in total. The van der Waals surface area contributed by atoms with E-state index in [2.05, 4.69) is 62.3 Å². The fourth-order valence-electron chi connectivity index (χ4n) is 3.26. The molecule has 0 aliphatic carbocycles. The van der Waals surface area contributed by atoms with Crippen LogP contribution in [-0.2, 0) is 0 Å². The van der Waals surface area contributed by atoms with Crippen LogP contribution in [-0.4, -0.2) is 28.6 Å². The summed E-state index contributed by atoms with van der Waals surface area (Å²) in [4.78, 5) is 2.48. The van der Waals surface area contributed by atoms with Gasteiger partial charge in [-0.2, -0.15) is 0 Å². The highest BCUT2D eigenvalue weighted by molar-refractivity contribution is 5.11. The van der Waals surface area contributed by atoms with Crippen LogP contribution in [0.1, 0.15) is 40.5 Å². The monoisotopic (exact) mass is 220 g/mol. The summed E-state index contributed by atoms with van der Waals surface area (Å²) in [6.07, 6.45) is 11.2. The molecule has 2 aliphatic heterocycles. The Morgan fingerprint density at radius 2 is 1.69 bits per heavy atom. The van der Waals surface area contributed by atoms with Gasteiger partial charge in [-0.25, -0.2) is 0 Å². The van der Waals surface area contributed by atoms with E-state index in [9.17, 15) is 0 Å². The molecule has 0 aromatic heterocycles. The van der Waals surface area contributed by atoms with E-state index in [-0.39, 0.29) is 11.1 Å². The highest BCUT2D eigenvalue weighted by atomic mass is 15.2. The van der Waals surface area contributed by atoms with Gasteiger partial charge in [-0.1, -0.05) is 12.2 Å². The second-order valence-corrected chi connectivity index (χ2v) is 6.42. The predicted octanol–water partition coefficient (Wildman–Crippen LogP) is 2.68. The molecule has 0 aromatic carbocycles. The number of piperidine rings is 1. The van der Waals surface area contributed by atoms with Crippen molar-refractivity contribution in [3.8, 4) is 0 Å². The Balaban J connectivity index is 2.10. The van der Waals surface area contributed by atoms with Gasteiger partial charge in [0.25, 0.3) is 0 Å². The van der Waals surface area contributed by atoms with Crippen LogP contribution in [0.25, 0.3) is 0 Å². The van der Waals surface area contributed by atoms with Crippen LogP contribution in [0.4, 0.5) is 0 Å². The molecule has 2 nitrogen and oxygen atoms in total. The summed E-state index contributed by atoms with van der Waals surface area (Å²) in [5.74, 6) is 0. The third kappa shape index (κ3) is 2.67. The Morgan fingerprint density at radius 1 is 1.06 bits per heavy atom. The molecule has 0 radical (unpaired) electrons. The largest absolute Gasteiger partial charge is 0.371 e. The average molecular weight is 220 g/mol. The minimum atomic E-state index is 0.238. The van der Waals surface area contributed by atoms with Crippen molar-refractivity contribution >= 4 is 0 Å². The Kier molecular flexibility index (Phi) is 2.87. The standard InChI is InChI=1S/C14H24N2/c1-13(2)10-12(11-14(3,4)15-13)16-8-6-5-7-9-16/h5-8,12,15H,9-11H2,1-4H3. The third-order valence-corrected chi connectivity index (χ3v) is 3.48. The van der Waals surface area contributed by atoms with E-state index >= 15 is 0 Å². The first-order valence-corrected chi connectivity index (χ1v) is 6.26. The fourth-order valence-corrected chi connectivity index (χ4v) is 3.26. The summed E-state index contributed by atoms with van der Waals surface area (Å²) in [5.41, 5.74) is 0.475. The lowest BCUT2D eigenvalue weighted by Gasteiger charge is -2.49. The molecule has 1 fully saturated rings. The molecule has 2 heterocycles. The number of nitrogens with zero attached hydrogens (tertiary/aromatic N) is 1. The molecule has 2 rings (SSSR count). The molecule has 1 saturated heterocycles. The summed E-state index contributed by atoms with van der Waals surface area (Å²) < 4.78 is 0. The van der Waals surface area contributed by atoms with Gasteiger partial charge in [0.2, 0.25) is 0 Å². The maximum atomic E-state index is 3.73. The average Bonchev–Trinajstić information content (AvgIpc) is 2.14. The van der Waals surface area contributed by atoms with Crippen molar-refractivity contribution in [1.29, 1.82) is 0 Å². The van der Waals surface area contributed by atoms with Crippen LogP contribution in [0.15, 0.2) is 24.4 Å². The molecule has 0 amide bonds.